The monoisotopic (exact) mass is 392 g/mol. The number of hydrogen-bond donors (Lipinski definition) is 0. The number of carbonyl (C=O) groups excluding carboxylic acids is 1. The molecule has 6 nitrogen and oxygen atoms in total. The molecule has 0 saturated heterocycles. The van der Waals surface area contributed by atoms with Crippen LogP contribution in [0.2, 0.25) is 0 Å². The van der Waals surface area contributed by atoms with Crippen molar-refractivity contribution < 1.29 is 19.0 Å². The normalized spacial score (nSPS) is 15.7. The predicted molar refractivity (Wildman–Crippen MR) is 109 cm³/mol. The minimum atomic E-state index is -0.181. The standard InChI is InChI=1S/C23H24N2O4/c1-27-18-8-10-19(11-9-18)29-16-22-21-7-4-12-24(21)15-23(26)25(22)14-17-5-3-6-20(13-17)28-2/h3-13,22H,14-16H2,1-2H3. The van der Waals surface area contributed by atoms with Gasteiger partial charge in [-0.1, -0.05) is 12.1 Å². The minimum Gasteiger partial charge on any atom is -0.497 e. The van der Waals surface area contributed by atoms with Crippen LogP contribution in [-0.4, -0.2) is 36.2 Å². The molecule has 2 heterocycles. The first-order chi connectivity index (χ1) is 14.2. The van der Waals surface area contributed by atoms with E-state index in [2.05, 4.69) is 0 Å². The number of hydrogen-bond acceptors (Lipinski definition) is 4. The van der Waals surface area contributed by atoms with Gasteiger partial charge in [0, 0.05) is 18.4 Å². The third kappa shape index (κ3) is 4.06. The molecule has 0 radical (unpaired) electrons. The molecule has 1 atom stereocenters. The highest BCUT2D eigenvalue weighted by Gasteiger charge is 2.33. The summed E-state index contributed by atoms with van der Waals surface area (Å²) >= 11 is 0. The molecule has 0 spiro atoms. The Bertz CT molecular complexity index is 981. The molecule has 1 aliphatic heterocycles. The largest absolute Gasteiger partial charge is 0.497 e. The van der Waals surface area contributed by atoms with Crippen LogP contribution in [0.1, 0.15) is 17.3 Å². The maximum absolute atomic E-state index is 12.9. The number of methoxy groups -OCH3 is 2. The second-order valence-electron chi connectivity index (χ2n) is 6.94. The number of benzene rings is 2. The zero-order valence-electron chi connectivity index (χ0n) is 16.6. The van der Waals surface area contributed by atoms with Gasteiger partial charge in [0.05, 0.1) is 14.2 Å². The summed E-state index contributed by atoms with van der Waals surface area (Å²) in [6.45, 7) is 1.20. The molecule has 1 amide bonds. The van der Waals surface area contributed by atoms with Crippen LogP contribution in [0.15, 0.2) is 66.9 Å². The van der Waals surface area contributed by atoms with Gasteiger partial charge in [-0.05, 0) is 54.1 Å². The lowest BCUT2D eigenvalue weighted by atomic mass is 10.1. The summed E-state index contributed by atoms with van der Waals surface area (Å²) in [6.07, 6.45) is 1.94. The van der Waals surface area contributed by atoms with Crippen molar-refractivity contribution in [2.45, 2.75) is 19.1 Å². The fourth-order valence-corrected chi connectivity index (χ4v) is 3.63. The second kappa shape index (κ2) is 8.31. The Labute approximate surface area is 170 Å². The molecule has 1 aromatic heterocycles. The second-order valence-corrected chi connectivity index (χ2v) is 6.94. The highest BCUT2D eigenvalue weighted by Crippen LogP contribution is 2.30. The van der Waals surface area contributed by atoms with Crippen molar-refractivity contribution in [1.29, 1.82) is 0 Å². The van der Waals surface area contributed by atoms with Gasteiger partial charge >= 0.3 is 0 Å². The van der Waals surface area contributed by atoms with Crippen LogP contribution in [0.25, 0.3) is 0 Å². The van der Waals surface area contributed by atoms with Crippen molar-refractivity contribution in [2.75, 3.05) is 20.8 Å². The Morgan fingerprint density at radius 1 is 0.931 bits per heavy atom. The van der Waals surface area contributed by atoms with E-state index in [0.29, 0.717) is 19.7 Å². The molecule has 1 unspecified atom stereocenters. The van der Waals surface area contributed by atoms with Gasteiger partial charge in [0.15, 0.2) is 0 Å². The summed E-state index contributed by atoms with van der Waals surface area (Å²) < 4.78 is 18.6. The lowest BCUT2D eigenvalue weighted by Crippen LogP contribution is -2.44. The van der Waals surface area contributed by atoms with Crippen molar-refractivity contribution in [3.8, 4) is 17.2 Å². The Balaban J connectivity index is 1.56. The molecule has 0 fully saturated rings. The van der Waals surface area contributed by atoms with Gasteiger partial charge in [-0.15, -0.1) is 0 Å². The van der Waals surface area contributed by atoms with Gasteiger partial charge < -0.3 is 23.7 Å². The number of amides is 1. The summed E-state index contributed by atoms with van der Waals surface area (Å²) in [6, 6.07) is 19.1. The lowest BCUT2D eigenvalue weighted by molar-refractivity contribution is -0.138. The molecule has 150 valence electrons. The van der Waals surface area contributed by atoms with Gasteiger partial charge in [0.2, 0.25) is 5.91 Å². The summed E-state index contributed by atoms with van der Waals surface area (Å²) in [7, 11) is 3.28. The molecule has 0 aliphatic carbocycles. The maximum atomic E-state index is 12.9. The van der Waals surface area contributed by atoms with Crippen LogP contribution in [-0.2, 0) is 17.9 Å². The summed E-state index contributed by atoms with van der Waals surface area (Å²) in [5.74, 6) is 2.36. The fraction of sp³-hybridized carbons (Fsp3) is 0.261. The van der Waals surface area contributed by atoms with Crippen LogP contribution >= 0.6 is 0 Å². The van der Waals surface area contributed by atoms with E-state index in [9.17, 15) is 4.79 Å². The van der Waals surface area contributed by atoms with Gasteiger partial charge in [-0.25, -0.2) is 0 Å². The highest BCUT2D eigenvalue weighted by molar-refractivity contribution is 5.78. The first-order valence-electron chi connectivity index (χ1n) is 9.52. The van der Waals surface area contributed by atoms with Crippen molar-refractivity contribution in [2.24, 2.45) is 0 Å². The third-order valence-corrected chi connectivity index (χ3v) is 5.16. The Kier molecular flexibility index (Phi) is 5.42. The van der Waals surface area contributed by atoms with Gasteiger partial charge in [0.1, 0.15) is 36.4 Å². The van der Waals surface area contributed by atoms with E-state index in [4.69, 9.17) is 14.2 Å². The quantitative estimate of drug-likeness (QED) is 0.616. The molecular weight excluding hydrogens is 368 g/mol. The molecule has 2 aromatic carbocycles. The average Bonchev–Trinajstić information content (AvgIpc) is 3.22. The van der Waals surface area contributed by atoms with Crippen molar-refractivity contribution >= 4 is 5.91 Å². The fourth-order valence-electron chi connectivity index (χ4n) is 3.63. The number of rotatable bonds is 7. The van der Waals surface area contributed by atoms with E-state index in [1.165, 1.54) is 0 Å². The van der Waals surface area contributed by atoms with E-state index in [0.717, 1.165) is 28.5 Å². The van der Waals surface area contributed by atoms with E-state index in [1.807, 2.05) is 76.3 Å². The zero-order valence-corrected chi connectivity index (χ0v) is 16.6. The minimum absolute atomic E-state index is 0.0693. The summed E-state index contributed by atoms with van der Waals surface area (Å²) in [4.78, 5) is 14.8. The highest BCUT2D eigenvalue weighted by atomic mass is 16.5. The number of nitrogens with zero attached hydrogens (tertiary/aromatic N) is 2. The first-order valence-corrected chi connectivity index (χ1v) is 9.52. The SMILES string of the molecule is COc1ccc(OCC2c3cccn3CC(=O)N2Cc2cccc(OC)c2)cc1. The van der Waals surface area contributed by atoms with E-state index >= 15 is 0 Å². The Hall–Kier alpha value is -3.41. The predicted octanol–water partition coefficient (Wildman–Crippen LogP) is 3.67. The van der Waals surface area contributed by atoms with Gasteiger partial charge in [0.25, 0.3) is 0 Å². The van der Waals surface area contributed by atoms with Crippen molar-refractivity contribution in [3.63, 3.8) is 0 Å². The van der Waals surface area contributed by atoms with Crippen LogP contribution in [0, 0.1) is 0 Å². The van der Waals surface area contributed by atoms with Crippen LogP contribution in [0.5, 0.6) is 17.2 Å². The van der Waals surface area contributed by atoms with E-state index in [1.54, 1.807) is 14.2 Å². The smallest absolute Gasteiger partial charge is 0.243 e. The zero-order chi connectivity index (χ0) is 20.2. The van der Waals surface area contributed by atoms with Crippen LogP contribution in [0.4, 0.5) is 0 Å². The Morgan fingerprint density at radius 2 is 1.69 bits per heavy atom. The summed E-state index contributed by atoms with van der Waals surface area (Å²) in [5, 5.41) is 0. The molecule has 0 N–H and O–H groups in total. The van der Waals surface area contributed by atoms with Crippen molar-refractivity contribution in [3.05, 3.63) is 78.1 Å². The molecule has 1 aliphatic rings. The van der Waals surface area contributed by atoms with E-state index in [-0.39, 0.29) is 11.9 Å². The third-order valence-electron chi connectivity index (χ3n) is 5.16. The molecule has 29 heavy (non-hydrogen) atoms. The molecule has 0 saturated carbocycles. The maximum Gasteiger partial charge on any atom is 0.243 e. The number of aromatic nitrogens is 1. The number of ether oxygens (including phenoxy) is 3. The molecule has 3 aromatic rings. The molecule has 6 heteroatoms. The van der Waals surface area contributed by atoms with Crippen LogP contribution in [0.3, 0.4) is 0 Å². The lowest BCUT2D eigenvalue weighted by Gasteiger charge is -2.36. The van der Waals surface area contributed by atoms with E-state index < -0.39 is 0 Å². The Morgan fingerprint density at radius 3 is 2.45 bits per heavy atom. The topological polar surface area (TPSA) is 52.9 Å². The molecular formula is C23H24N2O4. The number of fused-ring (bicyclic) bond motifs is 1. The summed E-state index contributed by atoms with van der Waals surface area (Å²) in [5.41, 5.74) is 2.09. The average molecular weight is 392 g/mol. The van der Waals surface area contributed by atoms with Crippen LogP contribution < -0.4 is 14.2 Å². The van der Waals surface area contributed by atoms with Gasteiger partial charge in [-0.2, -0.15) is 0 Å². The van der Waals surface area contributed by atoms with Gasteiger partial charge in [-0.3, -0.25) is 4.79 Å². The van der Waals surface area contributed by atoms with Crippen molar-refractivity contribution in [1.82, 2.24) is 9.47 Å². The molecule has 4 rings (SSSR count). The first kappa shape index (κ1) is 18.9. The molecule has 0 bridgehead atoms. The number of carbonyl (C=O) groups is 1.